The average Bonchev–Trinajstić information content (AvgIpc) is 2.58. The minimum atomic E-state index is -0.965. The number of rotatable bonds is 5. The molecule has 3 rings (SSSR count). The number of ether oxygens (including phenoxy) is 1. The fraction of sp³-hybridized carbons (Fsp3) is 0.158. The molecule has 0 fully saturated rings. The highest BCUT2D eigenvalue weighted by Crippen LogP contribution is 2.18. The predicted octanol–water partition coefficient (Wildman–Crippen LogP) is 3.15. The molecule has 1 N–H and O–H groups in total. The van der Waals surface area contributed by atoms with Gasteiger partial charge in [-0.25, -0.2) is 4.79 Å². The summed E-state index contributed by atoms with van der Waals surface area (Å²) in [5.41, 5.74) is 0.991. The van der Waals surface area contributed by atoms with Crippen molar-refractivity contribution in [1.29, 1.82) is 0 Å². The first-order valence-corrected chi connectivity index (χ1v) is 7.66. The summed E-state index contributed by atoms with van der Waals surface area (Å²) in [6, 6.07) is 13.9. The van der Waals surface area contributed by atoms with Crippen LogP contribution in [0.3, 0.4) is 0 Å². The van der Waals surface area contributed by atoms with Gasteiger partial charge >= 0.3 is 5.97 Å². The van der Waals surface area contributed by atoms with Crippen LogP contribution in [-0.2, 0) is 6.54 Å². The van der Waals surface area contributed by atoms with E-state index in [1.165, 1.54) is 12.1 Å². The molecule has 122 valence electrons. The van der Waals surface area contributed by atoms with Gasteiger partial charge in [-0.15, -0.1) is 0 Å². The zero-order valence-electron chi connectivity index (χ0n) is 13.2. The lowest BCUT2D eigenvalue weighted by atomic mass is 10.1. The molecule has 0 radical (unpaired) electrons. The van der Waals surface area contributed by atoms with E-state index in [1.54, 1.807) is 29.0 Å². The number of pyridine rings is 1. The molecule has 3 aromatic rings. The highest BCUT2D eigenvalue weighted by Gasteiger charge is 2.06. The number of aromatic nitrogens is 1. The Morgan fingerprint density at radius 3 is 2.54 bits per heavy atom. The van der Waals surface area contributed by atoms with Crippen LogP contribution in [0.15, 0.2) is 59.5 Å². The molecule has 0 unspecified atom stereocenters. The minimum Gasteiger partial charge on any atom is -0.494 e. The number of carboxylic acids is 1. The molecule has 1 heterocycles. The van der Waals surface area contributed by atoms with E-state index in [9.17, 15) is 9.59 Å². The van der Waals surface area contributed by atoms with Crippen molar-refractivity contribution in [2.24, 2.45) is 0 Å². The monoisotopic (exact) mass is 323 g/mol. The van der Waals surface area contributed by atoms with Crippen molar-refractivity contribution in [2.75, 3.05) is 6.61 Å². The number of hydrogen-bond donors (Lipinski definition) is 1. The van der Waals surface area contributed by atoms with E-state index in [0.717, 1.165) is 10.9 Å². The quantitative estimate of drug-likeness (QED) is 0.783. The normalized spacial score (nSPS) is 10.7. The fourth-order valence-corrected chi connectivity index (χ4v) is 2.59. The number of benzene rings is 2. The van der Waals surface area contributed by atoms with Crippen LogP contribution in [0.4, 0.5) is 0 Å². The Kier molecular flexibility index (Phi) is 4.33. The van der Waals surface area contributed by atoms with E-state index in [1.807, 2.05) is 25.1 Å². The summed E-state index contributed by atoms with van der Waals surface area (Å²) in [6.45, 7) is 2.82. The van der Waals surface area contributed by atoms with Crippen LogP contribution < -0.4 is 10.3 Å². The number of hydrogen-bond acceptors (Lipinski definition) is 3. The van der Waals surface area contributed by atoms with E-state index in [4.69, 9.17) is 9.84 Å². The maximum Gasteiger partial charge on any atom is 0.335 e. The first-order valence-electron chi connectivity index (χ1n) is 7.66. The van der Waals surface area contributed by atoms with Crippen LogP contribution in [0, 0.1) is 0 Å². The van der Waals surface area contributed by atoms with Crippen molar-refractivity contribution in [3.63, 3.8) is 0 Å². The van der Waals surface area contributed by atoms with E-state index >= 15 is 0 Å². The van der Waals surface area contributed by atoms with Crippen molar-refractivity contribution in [3.05, 3.63) is 76.2 Å². The molecule has 0 aliphatic carbocycles. The largest absolute Gasteiger partial charge is 0.494 e. The number of carboxylic acid groups (broad SMARTS) is 1. The topological polar surface area (TPSA) is 68.5 Å². The van der Waals surface area contributed by atoms with Gasteiger partial charge in [0.25, 0.3) is 5.56 Å². The minimum absolute atomic E-state index is 0.101. The Morgan fingerprint density at radius 2 is 1.88 bits per heavy atom. The third-order valence-corrected chi connectivity index (χ3v) is 3.81. The number of fused-ring (bicyclic) bond motifs is 1. The maximum absolute atomic E-state index is 12.7. The number of nitrogens with zero attached hydrogens (tertiary/aromatic N) is 1. The molecule has 0 atom stereocenters. The predicted molar refractivity (Wildman–Crippen MR) is 91.9 cm³/mol. The molecular weight excluding hydrogens is 306 g/mol. The zero-order valence-corrected chi connectivity index (χ0v) is 13.2. The number of carbonyl (C=O) groups is 1. The molecule has 0 aliphatic heterocycles. The summed E-state index contributed by atoms with van der Waals surface area (Å²) in [4.78, 5) is 23.6. The second kappa shape index (κ2) is 6.58. The van der Waals surface area contributed by atoms with Crippen LogP contribution in [-0.4, -0.2) is 22.2 Å². The van der Waals surface area contributed by atoms with Gasteiger partial charge in [-0.1, -0.05) is 18.2 Å². The van der Waals surface area contributed by atoms with Gasteiger partial charge in [-0.3, -0.25) is 4.79 Å². The van der Waals surface area contributed by atoms with E-state index in [2.05, 4.69) is 0 Å². The van der Waals surface area contributed by atoms with Gasteiger partial charge in [-0.05, 0) is 48.2 Å². The summed E-state index contributed by atoms with van der Waals surface area (Å²) in [6.07, 6.45) is 1.75. The lowest BCUT2D eigenvalue weighted by Gasteiger charge is -2.09. The summed E-state index contributed by atoms with van der Waals surface area (Å²) in [7, 11) is 0. The van der Waals surface area contributed by atoms with E-state index in [-0.39, 0.29) is 11.1 Å². The lowest BCUT2D eigenvalue weighted by molar-refractivity contribution is 0.0697. The highest BCUT2D eigenvalue weighted by molar-refractivity contribution is 5.87. The van der Waals surface area contributed by atoms with Crippen molar-refractivity contribution < 1.29 is 14.6 Å². The third-order valence-electron chi connectivity index (χ3n) is 3.81. The zero-order chi connectivity index (χ0) is 17.1. The summed E-state index contributed by atoms with van der Waals surface area (Å²) < 4.78 is 7.06. The Bertz CT molecular complexity index is 942. The third kappa shape index (κ3) is 3.15. The van der Waals surface area contributed by atoms with Crippen molar-refractivity contribution in [2.45, 2.75) is 13.5 Å². The van der Waals surface area contributed by atoms with Crippen molar-refractivity contribution >= 4 is 16.7 Å². The van der Waals surface area contributed by atoms with Gasteiger partial charge in [-0.2, -0.15) is 0 Å². The molecule has 24 heavy (non-hydrogen) atoms. The molecule has 0 spiro atoms. The first kappa shape index (κ1) is 15.8. The lowest BCUT2D eigenvalue weighted by Crippen LogP contribution is -2.20. The first-order chi connectivity index (χ1) is 11.6. The molecule has 0 saturated heterocycles. The van der Waals surface area contributed by atoms with Crippen molar-refractivity contribution in [3.8, 4) is 5.75 Å². The molecule has 1 aromatic heterocycles. The van der Waals surface area contributed by atoms with Crippen LogP contribution in [0.2, 0.25) is 0 Å². The average molecular weight is 323 g/mol. The Labute approximate surface area is 138 Å². The molecule has 0 bridgehead atoms. The van der Waals surface area contributed by atoms with Crippen LogP contribution in [0.1, 0.15) is 22.8 Å². The molecule has 5 nitrogen and oxygen atoms in total. The molecule has 0 amide bonds. The standard InChI is InChI=1S/C19H17NO4/c1-2-24-16-8-7-14-9-10-20(18(21)17(14)11-16)12-13-3-5-15(6-4-13)19(22)23/h3-11H,2,12H2,1H3,(H,22,23). The smallest absolute Gasteiger partial charge is 0.335 e. The fourth-order valence-electron chi connectivity index (χ4n) is 2.59. The van der Waals surface area contributed by atoms with Gasteiger partial charge in [0.2, 0.25) is 0 Å². The van der Waals surface area contributed by atoms with Crippen molar-refractivity contribution in [1.82, 2.24) is 4.57 Å². The summed E-state index contributed by atoms with van der Waals surface area (Å²) in [5.74, 6) is -0.293. The van der Waals surface area contributed by atoms with Gasteiger partial charge in [0.1, 0.15) is 5.75 Å². The number of aromatic carboxylic acids is 1. The second-order valence-electron chi connectivity index (χ2n) is 5.43. The Balaban J connectivity index is 1.95. The summed E-state index contributed by atoms with van der Waals surface area (Å²) in [5, 5.41) is 10.4. The van der Waals surface area contributed by atoms with E-state index < -0.39 is 5.97 Å². The van der Waals surface area contributed by atoms with Gasteiger partial charge in [0, 0.05) is 6.20 Å². The molecule has 2 aromatic carbocycles. The Morgan fingerprint density at radius 1 is 1.12 bits per heavy atom. The second-order valence-corrected chi connectivity index (χ2v) is 5.43. The molecular formula is C19H17NO4. The van der Waals surface area contributed by atoms with Gasteiger partial charge in [0.15, 0.2) is 0 Å². The maximum atomic E-state index is 12.7. The molecule has 0 saturated carbocycles. The van der Waals surface area contributed by atoms with E-state index in [0.29, 0.717) is 24.3 Å². The molecule has 5 heteroatoms. The van der Waals surface area contributed by atoms with Crippen LogP contribution in [0.5, 0.6) is 5.75 Å². The Hall–Kier alpha value is -3.08. The highest BCUT2D eigenvalue weighted by atomic mass is 16.5. The van der Waals surface area contributed by atoms with Crippen LogP contribution >= 0.6 is 0 Å². The molecule has 0 aliphatic rings. The van der Waals surface area contributed by atoms with Crippen LogP contribution in [0.25, 0.3) is 10.8 Å². The van der Waals surface area contributed by atoms with Gasteiger partial charge in [0.05, 0.1) is 24.1 Å². The summed E-state index contributed by atoms with van der Waals surface area (Å²) >= 11 is 0. The van der Waals surface area contributed by atoms with Gasteiger partial charge < -0.3 is 14.4 Å². The SMILES string of the molecule is CCOc1ccc2ccn(Cc3ccc(C(=O)O)cc3)c(=O)c2c1.